The number of aliphatic hydroxyl groups excluding tert-OH is 1. The van der Waals surface area contributed by atoms with Crippen LogP contribution in [0.4, 0.5) is 5.69 Å². The van der Waals surface area contributed by atoms with Crippen LogP contribution in [0.15, 0.2) is 29.6 Å². The van der Waals surface area contributed by atoms with Crippen LogP contribution in [-0.2, 0) is 0 Å². The number of hydrogen-bond acceptors (Lipinski definition) is 3. The van der Waals surface area contributed by atoms with Crippen LogP contribution >= 0.6 is 22.9 Å². The first-order valence-corrected chi connectivity index (χ1v) is 7.62. The van der Waals surface area contributed by atoms with E-state index in [2.05, 4.69) is 17.2 Å². The Morgan fingerprint density at radius 1 is 1.43 bits per heavy atom. The number of carbonyl (C=O) groups is 1. The average Bonchev–Trinajstić information content (AvgIpc) is 2.88. The van der Waals surface area contributed by atoms with E-state index in [0.717, 1.165) is 5.56 Å². The van der Waals surface area contributed by atoms with Crippen LogP contribution < -0.4 is 5.32 Å². The van der Waals surface area contributed by atoms with Gasteiger partial charge in [0.1, 0.15) is 0 Å². The SMILES string of the molecule is Cc1ccsc1C(=O)Nc1cc(Cl)ccc1C#CCCO. The van der Waals surface area contributed by atoms with E-state index in [-0.39, 0.29) is 12.5 Å². The molecule has 2 aromatic rings. The highest BCUT2D eigenvalue weighted by molar-refractivity contribution is 7.12. The van der Waals surface area contributed by atoms with Gasteiger partial charge in [-0.25, -0.2) is 0 Å². The summed E-state index contributed by atoms with van der Waals surface area (Å²) in [6.45, 7) is 1.90. The molecule has 0 bridgehead atoms. The van der Waals surface area contributed by atoms with Crippen molar-refractivity contribution in [2.24, 2.45) is 0 Å². The molecule has 108 valence electrons. The van der Waals surface area contributed by atoms with Gasteiger partial charge in [0.2, 0.25) is 0 Å². The lowest BCUT2D eigenvalue weighted by Crippen LogP contribution is -2.12. The first kappa shape index (κ1) is 15.6. The van der Waals surface area contributed by atoms with Crippen molar-refractivity contribution in [3.8, 4) is 11.8 Å². The zero-order valence-corrected chi connectivity index (χ0v) is 13.0. The van der Waals surface area contributed by atoms with E-state index in [4.69, 9.17) is 16.7 Å². The Labute approximate surface area is 132 Å². The number of anilines is 1. The van der Waals surface area contributed by atoms with E-state index in [9.17, 15) is 4.79 Å². The monoisotopic (exact) mass is 319 g/mol. The van der Waals surface area contributed by atoms with Crippen molar-refractivity contribution in [3.05, 3.63) is 50.7 Å². The van der Waals surface area contributed by atoms with Gasteiger partial charge in [-0.05, 0) is 42.1 Å². The third-order valence-electron chi connectivity index (χ3n) is 2.76. The third-order valence-corrected chi connectivity index (χ3v) is 4.01. The van der Waals surface area contributed by atoms with Crippen molar-refractivity contribution < 1.29 is 9.90 Å². The quantitative estimate of drug-likeness (QED) is 0.848. The zero-order chi connectivity index (χ0) is 15.2. The van der Waals surface area contributed by atoms with E-state index in [1.165, 1.54) is 11.3 Å². The minimum Gasteiger partial charge on any atom is -0.395 e. The fourth-order valence-corrected chi connectivity index (χ4v) is 2.72. The largest absolute Gasteiger partial charge is 0.395 e. The van der Waals surface area contributed by atoms with E-state index in [1.807, 2.05) is 18.4 Å². The van der Waals surface area contributed by atoms with Crippen molar-refractivity contribution in [1.82, 2.24) is 0 Å². The fraction of sp³-hybridized carbons (Fsp3) is 0.188. The second-order valence-electron chi connectivity index (χ2n) is 4.35. The Hall–Kier alpha value is -1.80. The lowest BCUT2D eigenvalue weighted by molar-refractivity contribution is 0.103. The Morgan fingerprint density at radius 3 is 2.90 bits per heavy atom. The molecule has 21 heavy (non-hydrogen) atoms. The summed E-state index contributed by atoms with van der Waals surface area (Å²) in [6.07, 6.45) is 0.389. The molecule has 0 saturated carbocycles. The van der Waals surface area contributed by atoms with Gasteiger partial charge in [-0.2, -0.15) is 0 Å². The van der Waals surface area contributed by atoms with Gasteiger partial charge in [0.05, 0.1) is 17.2 Å². The molecule has 0 atom stereocenters. The van der Waals surface area contributed by atoms with Crippen LogP contribution in [0.2, 0.25) is 5.02 Å². The van der Waals surface area contributed by atoms with Gasteiger partial charge < -0.3 is 10.4 Å². The first-order valence-electron chi connectivity index (χ1n) is 6.36. The Balaban J connectivity index is 2.27. The molecule has 2 N–H and O–H groups in total. The van der Waals surface area contributed by atoms with E-state index in [0.29, 0.717) is 27.6 Å². The molecular formula is C16H14ClNO2S. The molecule has 0 unspecified atom stereocenters. The van der Waals surface area contributed by atoms with Gasteiger partial charge in [-0.1, -0.05) is 23.4 Å². The molecule has 0 aliphatic rings. The molecule has 1 aromatic carbocycles. The fourth-order valence-electron chi connectivity index (χ4n) is 1.73. The van der Waals surface area contributed by atoms with Gasteiger partial charge >= 0.3 is 0 Å². The Bertz CT molecular complexity index is 713. The molecule has 2 rings (SSSR count). The third kappa shape index (κ3) is 4.08. The highest BCUT2D eigenvalue weighted by atomic mass is 35.5. The summed E-state index contributed by atoms with van der Waals surface area (Å²) in [5, 5.41) is 14.0. The van der Waals surface area contributed by atoms with Crippen LogP contribution in [0.1, 0.15) is 27.2 Å². The second kappa shape index (κ2) is 7.28. The highest BCUT2D eigenvalue weighted by Crippen LogP contribution is 2.23. The van der Waals surface area contributed by atoms with E-state index in [1.54, 1.807) is 18.2 Å². The van der Waals surface area contributed by atoms with Crippen molar-refractivity contribution in [2.75, 3.05) is 11.9 Å². The van der Waals surface area contributed by atoms with Crippen LogP contribution in [0.5, 0.6) is 0 Å². The maximum Gasteiger partial charge on any atom is 0.266 e. The first-order chi connectivity index (χ1) is 10.1. The maximum atomic E-state index is 12.3. The molecule has 0 saturated heterocycles. The summed E-state index contributed by atoms with van der Waals surface area (Å²) in [7, 11) is 0. The molecule has 3 nitrogen and oxygen atoms in total. The molecule has 0 spiro atoms. The highest BCUT2D eigenvalue weighted by Gasteiger charge is 2.12. The number of benzene rings is 1. The molecule has 0 radical (unpaired) electrons. The van der Waals surface area contributed by atoms with Crippen LogP contribution in [0, 0.1) is 18.8 Å². The molecule has 0 fully saturated rings. The Morgan fingerprint density at radius 2 is 2.24 bits per heavy atom. The van der Waals surface area contributed by atoms with E-state index >= 15 is 0 Å². The number of amides is 1. The smallest absolute Gasteiger partial charge is 0.266 e. The summed E-state index contributed by atoms with van der Waals surface area (Å²) in [6, 6.07) is 7.05. The normalized spacial score (nSPS) is 9.86. The van der Waals surface area contributed by atoms with Gasteiger partial charge in [0, 0.05) is 17.0 Å². The maximum absolute atomic E-state index is 12.3. The minimum absolute atomic E-state index is 0.0106. The number of carbonyl (C=O) groups excluding carboxylic acids is 1. The number of aliphatic hydroxyl groups is 1. The molecule has 0 aliphatic carbocycles. The van der Waals surface area contributed by atoms with Crippen molar-refractivity contribution >= 4 is 34.5 Å². The summed E-state index contributed by atoms with van der Waals surface area (Å²) in [5.41, 5.74) is 2.19. The van der Waals surface area contributed by atoms with Gasteiger partial charge in [-0.3, -0.25) is 4.79 Å². The zero-order valence-electron chi connectivity index (χ0n) is 11.4. The van der Waals surface area contributed by atoms with Gasteiger partial charge in [0.15, 0.2) is 0 Å². The van der Waals surface area contributed by atoms with Crippen molar-refractivity contribution in [1.29, 1.82) is 0 Å². The topological polar surface area (TPSA) is 49.3 Å². The molecule has 1 heterocycles. The number of halogens is 1. The summed E-state index contributed by atoms with van der Waals surface area (Å²) >= 11 is 7.38. The van der Waals surface area contributed by atoms with E-state index < -0.39 is 0 Å². The molecule has 1 aromatic heterocycles. The summed E-state index contributed by atoms with van der Waals surface area (Å²) in [4.78, 5) is 12.9. The summed E-state index contributed by atoms with van der Waals surface area (Å²) < 4.78 is 0. The number of aryl methyl sites for hydroxylation is 1. The van der Waals surface area contributed by atoms with Crippen LogP contribution in [0.3, 0.4) is 0 Å². The Kier molecular flexibility index (Phi) is 5.40. The summed E-state index contributed by atoms with van der Waals surface area (Å²) in [5.74, 6) is 5.59. The minimum atomic E-state index is -0.171. The average molecular weight is 320 g/mol. The predicted octanol–water partition coefficient (Wildman–Crippen LogP) is 3.70. The lowest BCUT2D eigenvalue weighted by atomic mass is 10.1. The molecule has 5 heteroatoms. The molecule has 1 amide bonds. The van der Waals surface area contributed by atoms with Crippen LogP contribution in [-0.4, -0.2) is 17.6 Å². The number of thiophene rings is 1. The standard InChI is InChI=1S/C16H14ClNO2S/c1-11-7-9-21-15(11)16(20)18-14-10-13(17)6-5-12(14)4-2-3-8-19/h5-7,9-10,19H,3,8H2,1H3,(H,18,20). The van der Waals surface area contributed by atoms with Crippen molar-refractivity contribution in [3.63, 3.8) is 0 Å². The number of rotatable bonds is 3. The molecule has 0 aliphatic heterocycles. The second-order valence-corrected chi connectivity index (χ2v) is 5.70. The van der Waals surface area contributed by atoms with Gasteiger partial charge in [0.25, 0.3) is 5.91 Å². The van der Waals surface area contributed by atoms with Crippen molar-refractivity contribution in [2.45, 2.75) is 13.3 Å². The number of nitrogens with one attached hydrogen (secondary N) is 1. The lowest BCUT2D eigenvalue weighted by Gasteiger charge is -2.08. The number of hydrogen-bond donors (Lipinski definition) is 2. The predicted molar refractivity (Wildman–Crippen MR) is 87.0 cm³/mol. The van der Waals surface area contributed by atoms with Crippen LogP contribution in [0.25, 0.3) is 0 Å². The molecular weight excluding hydrogens is 306 g/mol. The van der Waals surface area contributed by atoms with Gasteiger partial charge in [-0.15, -0.1) is 11.3 Å².